The van der Waals surface area contributed by atoms with E-state index in [9.17, 15) is 9.90 Å². The zero-order chi connectivity index (χ0) is 12.2. The van der Waals surface area contributed by atoms with E-state index >= 15 is 0 Å². The minimum atomic E-state index is -0.110. The molecule has 4 nitrogen and oxygen atoms in total. The Hall–Kier alpha value is -0.770. The minimum Gasteiger partial charge on any atom is -0.396 e. The molecule has 0 aromatic carbocycles. The quantitative estimate of drug-likeness (QED) is 0.796. The Morgan fingerprint density at radius 2 is 2.06 bits per heavy atom. The lowest BCUT2D eigenvalue weighted by atomic mass is 9.83. The lowest BCUT2D eigenvalue weighted by Crippen LogP contribution is -2.51. The van der Waals surface area contributed by atoms with E-state index in [1.165, 1.54) is 0 Å². The molecule has 0 saturated carbocycles. The van der Waals surface area contributed by atoms with Crippen molar-refractivity contribution >= 4 is 6.03 Å². The molecule has 0 bridgehead atoms. The van der Waals surface area contributed by atoms with Gasteiger partial charge in [-0.05, 0) is 26.7 Å². The van der Waals surface area contributed by atoms with Gasteiger partial charge in [0, 0.05) is 31.6 Å². The minimum absolute atomic E-state index is 0.110. The first-order valence-electron chi connectivity index (χ1n) is 6.21. The second-order valence-electron chi connectivity index (χ2n) is 4.95. The third kappa shape index (κ3) is 2.88. The summed E-state index contributed by atoms with van der Waals surface area (Å²) in [4.78, 5) is 15.9. The third-order valence-corrected chi connectivity index (χ3v) is 3.47. The number of piperidine rings is 1. The van der Waals surface area contributed by atoms with E-state index in [4.69, 9.17) is 0 Å². The fourth-order valence-corrected chi connectivity index (χ4v) is 2.30. The molecule has 0 aromatic rings. The van der Waals surface area contributed by atoms with E-state index < -0.39 is 0 Å². The van der Waals surface area contributed by atoms with Gasteiger partial charge in [0.1, 0.15) is 0 Å². The monoisotopic (exact) mass is 228 g/mol. The van der Waals surface area contributed by atoms with Gasteiger partial charge in [-0.15, -0.1) is 0 Å². The summed E-state index contributed by atoms with van der Waals surface area (Å²) in [5.41, 5.74) is -0.110. The van der Waals surface area contributed by atoms with Gasteiger partial charge in [0.05, 0.1) is 6.61 Å². The second-order valence-corrected chi connectivity index (χ2v) is 4.95. The number of aliphatic hydroxyl groups is 1. The van der Waals surface area contributed by atoms with Crippen molar-refractivity contribution in [1.82, 2.24) is 9.80 Å². The largest absolute Gasteiger partial charge is 0.396 e. The first-order valence-corrected chi connectivity index (χ1v) is 6.21. The number of rotatable bonds is 3. The van der Waals surface area contributed by atoms with Gasteiger partial charge < -0.3 is 14.9 Å². The summed E-state index contributed by atoms with van der Waals surface area (Å²) in [5, 5.41) is 9.35. The van der Waals surface area contributed by atoms with Crippen molar-refractivity contribution in [1.29, 1.82) is 0 Å². The number of aliphatic hydroxyl groups excluding tert-OH is 1. The predicted molar refractivity (Wildman–Crippen MR) is 64.3 cm³/mol. The van der Waals surface area contributed by atoms with Gasteiger partial charge in [-0.2, -0.15) is 0 Å². The summed E-state index contributed by atoms with van der Waals surface area (Å²) in [5.74, 6) is 0. The molecular weight excluding hydrogens is 204 g/mol. The molecule has 1 atom stereocenters. The molecule has 0 aromatic heterocycles. The SMILES string of the molecule is CCN(CC)C(=O)N1CCCC(C)(CO)C1. The van der Waals surface area contributed by atoms with Crippen LogP contribution in [0.25, 0.3) is 0 Å². The molecule has 1 rings (SSSR count). The van der Waals surface area contributed by atoms with Crippen LogP contribution in [-0.4, -0.2) is 53.7 Å². The van der Waals surface area contributed by atoms with Gasteiger partial charge in [-0.1, -0.05) is 6.92 Å². The van der Waals surface area contributed by atoms with Crippen LogP contribution in [0, 0.1) is 5.41 Å². The summed E-state index contributed by atoms with van der Waals surface area (Å²) < 4.78 is 0. The molecule has 0 radical (unpaired) electrons. The lowest BCUT2D eigenvalue weighted by Gasteiger charge is -2.41. The fourth-order valence-electron chi connectivity index (χ4n) is 2.30. The number of likely N-dealkylation sites (tertiary alicyclic amines) is 1. The Kier molecular flexibility index (Phi) is 4.59. The first kappa shape index (κ1) is 13.3. The van der Waals surface area contributed by atoms with Gasteiger partial charge in [0.2, 0.25) is 0 Å². The molecule has 0 spiro atoms. The molecule has 0 aliphatic carbocycles. The van der Waals surface area contributed by atoms with Gasteiger partial charge >= 0.3 is 6.03 Å². The number of carbonyl (C=O) groups excluding carboxylic acids is 1. The summed E-state index contributed by atoms with van der Waals surface area (Å²) in [6.45, 7) is 9.21. The van der Waals surface area contributed by atoms with Crippen LogP contribution < -0.4 is 0 Å². The van der Waals surface area contributed by atoms with E-state index in [-0.39, 0.29) is 18.1 Å². The average molecular weight is 228 g/mol. The highest BCUT2D eigenvalue weighted by Gasteiger charge is 2.33. The Balaban J connectivity index is 2.63. The maximum absolute atomic E-state index is 12.1. The van der Waals surface area contributed by atoms with Crippen molar-refractivity contribution < 1.29 is 9.90 Å². The molecule has 1 N–H and O–H groups in total. The number of amides is 2. The van der Waals surface area contributed by atoms with E-state index in [1.807, 2.05) is 23.6 Å². The molecule has 2 amide bonds. The topological polar surface area (TPSA) is 43.8 Å². The van der Waals surface area contributed by atoms with E-state index in [0.29, 0.717) is 6.54 Å². The van der Waals surface area contributed by atoms with Crippen LogP contribution in [0.3, 0.4) is 0 Å². The number of hydrogen-bond acceptors (Lipinski definition) is 2. The average Bonchev–Trinajstić information content (AvgIpc) is 2.30. The standard InChI is InChI=1S/C12H24N2O2/c1-4-13(5-2)11(16)14-8-6-7-12(3,9-14)10-15/h15H,4-10H2,1-3H3. The number of carbonyl (C=O) groups is 1. The van der Waals surface area contributed by atoms with Crippen molar-refractivity contribution in [2.75, 3.05) is 32.8 Å². The van der Waals surface area contributed by atoms with Crippen LogP contribution in [0.15, 0.2) is 0 Å². The molecule has 94 valence electrons. The molecule has 16 heavy (non-hydrogen) atoms. The van der Waals surface area contributed by atoms with Gasteiger partial charge in [0.25, 0.3) is 0 Å². The van der Waals surface area contributed by atoms with Crippen molar-refractivity contribution in [2.24, 2.45) is 5.41 Å². The van der Waals surface area contributed by atoms with Crippen molar-refractivity contribution in [3.05, 3.63) is 0 Å². The number of urea groups is 1. The van der Waals surface area contributed by atoms with Crippen LogP contribution >= 0.6 is 0 Å². The Labute approximate surface area is 98.2 Å². The van der Waals surface area contributed by atoms with E-state index in [1.54, 1.807) is 0 Å². The molecule has 1 heterocycles. The third-order valence-electron chi connectivity index (χ3n) is 3.47. The second kappa shape index (κ2) is 5.53. The summed E-state index contributed by atoms with van der Waals surface area (Å²) in [6.07, 6.45) is 2.00. The Bertz CT molecular complexity index is 241. The maximum atomic E-state index is 12.1. The maximum Gasteiger partial charge on any atom is 0.319 e. The molecule has 1 saturated heterocycles. The van der Waals surface area contributed by atoms with Crippen molar-refractivity contribution in [3.8, 4) is 0 Å². The molecule has 1 unspecified atom stereocenters. The highest BCUT2D eigenvalue weighted by Crippen LogP contribution is 2.29. The summed E-state index contributed by atoms with van der Waals surface area (Å²) in [6, 6.07) is 0.115. The van der Waals surface area contributed by atoms with Crippen molar-refractivity contribution in [3.63, 3.8) is 0 Å². The fraction of sp³-hybridized carbons (Fsp3) is 0.917. The number of hydrogen-bond donors (Lipinski definition) is 1. The molecular formula is C12H24N2O2. The molecule has 1 aliphatic rings. The Morgan fingerprint density at radius 3 is 2.56 bits per heavy atom. The molecule has 1 fully saturated rings. The van der Waals surface area contributed by atoms with Crippen LogP contribution in [0.5, 0.6) is 0 Å². The highest BCUT2D eigenvalue weighted by molar-refractivity contribution is 5.74. The smallest absolute Gasteiger partial charge is 0.319 e. The highest BCUT2D eigenvalue weighted by atomic mass is 16.3. The van der Waals surface area contributed by atoms with E-state index in [0.717, 1.165) is 32.5 Å². The van der Waals surface area contributed by atoms with Gasteiger partial charge in [-0.25, -0.2) is 4.79 Å². The zero-order valence-electron chi connectivity index (χ0n) is 10.7. The summed E-state index contributed by atoms with van der Waals surface area (Å²) in [7, 11) is 0. The molecule has 1 aliphatic heterocycles. The van der Waals surface area contributed by atoms with Crippen molar-refractivity contribution in [2.45, 2.75) is 33.6 Å². The van der Waals surface area contributed by atoms with Gasteiger partial charge in [-0.3, -0.25) is 0 Å². The first-order chi connectivity index (χ1) is 7.56. The zero-order valence-corrected chi connectivity index (χ0v) is 10.7. The van der Waals surface area contributed by atoms with Crippen LogP contribution in [-0.2, 0) is 0 Å². The van der Waals surface area contributed by atoms with E-state index in [2.05, 4.69) is 6.92 Å². The molecule has 4 heteroatoms. The summed E-state index contributed by atoms with van der Waals surface area (Å²) >= 11 is 0. The van der Waals surface area contributed by atoms with Gasteiger partial charge in [0.15, 0.2) is 0 Å². The lowest BCUT2D eigenvalue weighted by molar-refractivity contribution is 0.0520. The van der Waals surface area contributed by atoms with Crippen LogP contribution in [0.2, 0.25) is 0 Å². The predicted octanol–water partition coefficient (Wildman–Crippen LogP) is 1.54. The Morgan fingerprint density at radius 1 is 1.44 bits per heavy atom. The normalized spacial score (nSPS) is 25.6. The van der Waals surface area contributed by atoms with Crippen LogP contribution in [0.4, 0.5) is 4.79 Å². The van der Waals surface area contributed by atoms with Crippen LogP contribution in [0.1, 0.15) is 33.6 Å². The number of nitrogens with zero attached hydrogens (tertiary/aromatic N) is 2.